The highest BCUT2D eigenvalue weighted by molar-refractivity contribution is 5.95. The fraction of sp³-hybridized carbons (Fsp3) is 0.630. The maximum absolute atomic E-state index is 13.6. The van der Waals surface area contributed by atoms with Gasteiger partial charge < -0.3 is 20.3 Å². The number of nitrogens with one attached hydrogen (secondary N) is 2. The van der Waals surface area contributed by atoms with E-state index < -0.39 is 17.6 Å². The zero-order valence-electron chi connectivity index (χ0n) is 21.1. The molecule has 8 nitrogen and oxygen atoms in total. The largest absolute Gasteiger partial charge is 0.466 e. The van der Waals surface area contributed by atoms with Gasteiger partial charge in [0.2, 0.25) is 11.8 Å². The molecule has 1 saturated heterocycles. The molecule has 0 spiro atoms. The molecule has 9 heteroatoms. The molecule has 0 aromatic heterocycles. The number of likely N-dealkylation sites (tertiary alicyclic amines) is 1. The van der Waals surface area contributed by atoms with E-state index in [1.165, 1.54) is 4.90 Å². The second-order valence-electron chi connectivity index (χ2n) is 9.78. The third kappa shape index (κ3) is 7.50. The van der Waals surface area contributed by atoms with Crippen molar-refractivity contribution in [1.29, 1.82) is 5.26 Å². The molecule has 2 fully saturated rings. The normalized spacial score (nSPS) is 21.0. The van der Waals surface area contributed by atoms with Gasteiger partial charge in [-0.25, -0.2) is 4.39 Å². The van der Waals surface area contributed by atoms with E-state index in [9.17, 15) is 18.8 Å². The van der Waals surface area contributed by atoms with Crippen molar-refractivity contribution >= 4 is 23.5 Å². The van der Waals surface area contributed by atoms with E-state index >= 15 is 0 Å². The van der Waals surface area contributed by atoms with Gasteiger partial charge in [0.05, 0.1) is 32.2 Å². The van der Waals surface area contributed by atoms with Gasteiger partial charge in [0.25, 0.3) is 0 Å². The molecule has 1 aromatic rings. The summed E-state index contributed by atoms with van der Waals surface area (Å²) in [5.74, 6) is -0.528. The van der Waals surface area contributed by atoms with E-state index in [0.717, 1.165) is 44.1 Å². The predicted octanol–water partition coefficient (Wildman–Crippen LogP) is 3.51. The first-order valence-corrected chi connectivity index (χ1v) is 13.0. The van der Waals surface area contributed by atoms with E-state index in [0.29, 0.717) is 25.3 Å². The first-order chi connectivity index (χ1) is 17.4. The summed E-state index contributed by atoms with van der Waals surface area (Å²) in [6.07, 6.45) is 5.36. The number of alkyl halides is 1. The zero-order valence-corrected chi connectivity index (χ0v) is 21.1. The molecule has 2 atom stereocenters. The van der Waals surface area contributed by atoms with Crippen molar-refractivity contribution < 1.29 is 23.5 Å². The molecule has 0 bridgehead atoms. The van der Waals surface area contributed by atoms with Crippen molar-refractivity contribution in [3.63, 3.8) is 0 Å². The maximum atomic E-state index is 13.6. The van der Waals surface area contributed by atoms with Crippen LogP contribution in [-0.2, 0) is 25.5 Å². The van der Waals surface area contributed by atoms with Crippen LogP contribution in [0, 0.1) is 16.7 Å². The Hall–Kier alpha value is -2.99. The van der Waals surface area contributed by atoms with Gasteiger partial charge in [-0.1, -0.05) is 31.4 Å². The summed E-state index contributed by atoms with van der Waals surface area (Å²) in [4.78, 5) is 38.7. The van der Waals surface area contributed by atoms with E-state index in [1.807, 2.05) is 30.3 Å². The molecule has 2 amide bonds. The monoisotopic (exact) mass is 500 g/mol. The number of rotatable bonds is 11. The number of hydrogen-bond donors (Lipinski definition) is 2. The van der Waals surface area contributed by atoms with Crippen LogP contribution in [0.2, 0.25) is 0 Å². The molecule has 1 aliphatic heterocycles. The Kier molecular flexibility index (Phi) is 10.2. The number of anilines is 1. The lowest BCUT2D eigenvalue weighted by Crippen LogP contribution is -2.41. The molecule has 1 heterocycles. The number of esters is 1. The van der Waals surface area contributed by atoms with Crippen LogP contribution in [0.5, 0.6) is 0 Å². The second-order valence-corrected chi connectivity index (χ2v) is 9.78. The molecule has 36 heavy (non-hydrogen) atoms. The minimum Gasteiger partial charge on any atom is -0.466 e. The molecule has 196 valence electrons. The highest BCUT2D eigenvalue weighted by Crippen LogP contribution is 2.41. The molecule has 3 rings (SSSR count). The van der Waals surface area contributed by atoms with Crippen LogP contribution in [0.1, 0.15) is 63.9 Å². The van der Waals surface area contributed by atoms with Gasteiger partial charge in [-0.2, -0.15) is 5.26 Å². The van der Waals surface area contributed by atoms with E-state index in [2.05, 4.69) is 10.6 Å². The molecule has 1 aliphatic carbocycles. The van der Waals surface area contributed by atoms with Crippen molar-refractivity contribution in [3.8, 4) is 6.07 Å². The number of nitrogens with zero attached hydrogens (tertiary/aromatic N) is 2. The quantitative estimate of drug-likeness (QED) is 0.355. The van der Waals surface area contributed by atoms with Crippen molar-refractivity contribution in [3.05, 3.63) is 29.8 Å². The number of hydrogen-bond acceptors (Lipinski definition) is 6. The zero-order chi connectivity index (χ0) is 26.0. The van der Waals surface area contributed by atoms with Crippen LogP contribution >= 0.6 is 0 Å². The average Bonchev–Trinajstić information content (AvgIpc) is 3.26. The van der Waals surface area contributed by atoms with Gasteiger partial charge in [-0.15, -0.1) is 0 Å². The Labute approximate surface area is 212 Å². The van der Waals surface area contributed by atoms with E-state index in [1.54, 1.807) is 6.92 Å². The lowest BCUT2D eigenvalue weighted by atomic mass is 9.70. The molecule has 2 aliphatic rings. The fourth-order valence-electron chi connectivity index (χ4n) is 5.20. The SMILES string of the molecule is CCOC(=O)Cc1ccc(NC(=O)C2(CCCNCC(=O)N3CC(F)CC3C#N)CCCCC2)cc1. The number of ether oxygens (including phenoxy) is 1. The van der Waals surface area contributed by atoms with Crippen LogP contribution in [0.3, 0.4) is 0 Å². The Bertz CT molecular complexity index is 940. The molecule has 2 N–H and O–H groups in total. The average molecular weight is 501 g/mol. The van der Waals surface area contributed by atoms with Crippen molar-refractivity contribution in [2.24, 2.45) is 5.41 Å². The van der Waals surface area contributed by atoms with Crippen LogP contribution < -0.4 is 10.6 Å². The van der Waals surface area contributed by atoms with Gasteiger partial charge in [-0.3, -0.25) is 14.4 Å². The molecule has 2 unspecified atom stereocenters. The summed E-state index contributed by atoms with van der Waals surface area (Å²) < 4.78 is 18.5. The van der Waals surface area contributed by atoms with Crippen molar-refractivity contribution in [2.75, 3.05) is 31.6 Å². The van der Waals surface area contributed by atoms with Crippen molar-refractivity contribution in [2.45, 2.75) is 76.9 Å². The van der Waals surface area contributed by atoms with Gasteiger partial charge in [0.15, 0.2) is 0 Å². The minimum atomic E-state index is -1.14. The van der Waals surface area contributed by atoms with Gasteiger partial charge in [0.1, 0.15) is 12.2 Å². The predicted molar refractivity (Wildman–Crippen MR) is 134 cm³/mol. The van der Waals surface area contributed by atoms with Gasteiger partial charge in [-0.05, 0) is 56.8 Å². The van der Waals surface area contributed by atoms with Crippen LogP contribution in [0.15, 0.2) is 24.3 Å². The van der Waals surface area contributed by atoms with Gasteiger partial charge >= 0.3 is 5.97 Å². The summed E-state index contributed by atoms with van der Waals surface area (Å²) in [5, 5.41) is 15.3. The number of benzene rings is 1. The smallest absolute Gasteiger partial charge is 0.310 e. The summed E-state index contributed by atoms with van der Waals surface area (Å²) in [5.41, 5.74) is 1.08. The Balaban J connectivity index is 1.48. The summed E-state index contributed by atoms with van der Waals surface area (Å²) in [7, 11) is 0. The molecule has 0 radical (unpaired) electrons. The lowest BCUT2D eigenvalue weighted by molar-refractivity contribution is -0.142. The maximum Gasteiger partial charge on any atom is 0.310 e. The number of carbonyl (C=O) groups excluding carboxylic acids is 3. The standard InChI is InChI=1S/C27H37FN4O4/c1-2-36-25(34)15-20-7-9-22(10-8-20)31-26(35)27(11-4-3-5-12-27)13-6-14-30-18-24(33)32-19-21(28)16-23(32)17-29/h7-10,21,23,30H,2-6,11-16,18-19H2,1H3,(H,31,35). The van der Waals surface area contributed by atoms with Crippen LogP contribution in [0.25, 0.3) is 0 Å². The first-order valence-electron chi connectivity index (χ1n) is 13.0. The Morgan fingerprint density at radius 1 is 1.19 bits per heavy atom. The Morgan fingerprint density at radius 2 is 1.92 bits per heavy atom. The summed E-state index contributed by atoms with van der Waals surface area (Å²) >= 11 is 0. The summed E-state index contributed by atoms with van der Waals surface area (Å²) in [6, 6.07) is 8.57. The molecular weight excluding hydrogens is 463 g/mol. The lowest BCUT2D eigenvalue weighted by Gasteiger charge is -2.36. The van der Waals surface area contributed by atoms with Crippen LogP contribution in [-0.4, -0.2) is 61.1 Å². The number of amides is 2. The number of nitriles is 1. The topological polar surface area (TPSA) is 112 Å². The number of halogens is 1. The number of carbonyl (C=O) groups is 3. The van der Waals surface area contributed by atoms with Gasteiger partial charge in [0, 0.05) is 17.5 Å². The first kappa shape index (κ1) is 27.6. The fourth-order valence-corrected chi connectivity index (χ4v) is 5.20. The molecule has 1 aromatic carbocycles. The second kappa shape index (κ2) is 13.4. The van der Waals surface area contributed by atoms with Crippen LogP contribution in [0.4, 0.5) is 10.1 Å². The summed E-state index contributed by atoms with van der Waals surface area (Å²) in [6.45, 7) is 2.72. The highest BCUT2D eigenvalue weighted by atomic mass is 19.1. The molecular formula is C27H37FN4O4. The third-order valence-corrected chi connectivity index (χ3v) is 7.16. The van der Waals surface area contributed by atoms with Crippen molar-refractivity contribution in [1.82, 2.24) is 10.2 Å². The minimum absolute atomic E-state index is 0.0133. The molecule has 1 saturated carbocycles. The van der Waals surface area contributed by atoms with E-state index in [-0.39, 0.29) is 43.7 Å². The Morgan fingerprint density at radius 3 is 2.58 bits per heavy atom. The highest BCUT2D eigenvalue weighted by Gasteiger charge is 2.39. The van der Waals surface area contributed by atoms with E-state index in [4.69, 9.17) is 10.00 Å². The third-order valence-electron chi connectivity index (χ3n) is 7.16.